The van der Waals surface area contributed by atoms with Gasteiger partial charge in [-0.25, -0.2) is 0 Å². The lowest BCUT2D eigenvalue weighted by Gasteiger charge is -2.28. The van der Waals surface area contributed by atoms with Crippen LogP contribution in [0.3, 0.4) is 0 Å². The van der Waals surface area contributed by atoms with Crippen LogP contribution in [-0.2, 0) is 9.59 Å². The fourth-order valence-electron chi connectivity index (χ4n) is 4.66. The van der Waals surface area contributed by atoms with E-state index in [0.717, 1.165) is 26.1 Å². The lowest BCUT2D eigenvalue weighted by atomic mass is 9.95. The molecule has 1 atom stereocenters. The van der Waals surface area contributed by atoms with Gasteiger partial charge in [-0.2, -0.15) is 0 Å². The second-order valence-corrected chi connectivity index (χ2v) is 9.96. The number of Topliss-reactive ketones (excluding diaryl/α,β-unsaturated/α-hetero) is 1. The highest BCUT2D eigenvalue weighted by Gasteiger charge is 2.44. The number of likely N-dealkylation sites (tertiary alicyclic amines) is 1. The summed E-state index contributed by atoms with van der Waals surface area (Å²) in [4.78, 5) is 29.4. The molecule has 0 spiro atoms. The highest BCUT2D eigenvalue weighted by Crippen LogP contribution is 2.39. The van der Waals surface area contributed by atoms with E-state index in [9.17, 15) is 14.7 Å². The van der Waals surface area contributed by atoms with E-state index in [1.165, 1.54) is 4.90 Å². The van der Waals surface area contributed by atoms with E-state index in [1.54, 1.807) is 29.2 Å². The van der Waals surface area contributed by atoms with Crippen molar-refractivity contribution in [3.63, 3.8) is 0 Å². The van der Waals surface area contributed by atoms with E-state index in [-0.39, 0.29) is 17.8 Å². The third-order valence-electron chi connectivity index (χ3n) is 6.51. The van der Waals surface area contributed by atoms with E-state index < -0.39 is 23.5 Å². The molecule has 0 bridgehead atoms. The van der Waals surface area contributed by atoms with Gasteiger partial charge in [0.15, 0.2) is 0 Å². The highest BCUT2D eigenvalue weighted by molar-refractivity contribution is 6.46. The molecule has 200 valence electrons. The predicted molar refractivity (Wildman–Crippen MR) is 142 cm³/mol. The van der Waals surface area contributed by atoms with Gasteiger partial charge in [-0.3, -0.25) is 9.59 Å². The number of nitrogens with one attached hydrogen (secondary N) is 1. The van der Waals surface area contributed by atoms with Gasteiger partial charge in [-0.05, 0) is 76.9 Å². The van der Waals surface area contributed by atoms with Crippen molar-refractivity contribution in [2.45, 2.75) is 66.2 Å². The molecule has 1 amide bonds. The Morgan fingerprint density at radius 3 is 1.89 bits per heavy atom. The topological polar surface area (TPSA) is 83.3 Å². The lowest BCUT2D eigenvalue weighted by Crippen LogP contribution is -3.11. The van der Waals surface area contributed by atoms with Gasteiger partial charge in [-0.15, -0.1) is 0 Å². The molecule has 1 fully saturated rings. The molecule has 3 rings (SSSR count). The standard InChI is InChI=1S/C30H40N2O5/c1-7-31(8-2)18-9-19-32-27(22-10-14-24(15-11-22)36-20(3)4)26(29(34)30(32)35)28(33)23-12-16-25(17-13-23)37-21(5)6/h10-17,20-21,27,33H,7-9,18-19H2,1-6H3/b28-26+. The molecule has 0 aromatic heterocycles. The Hall–Kier alpha value is -3.32. The van der Waals surface area contributed by atoms with E-state index >= 15 is 0 Å². The summed E-state index contributed by atoms with van der Waals surface area (Å²) in [5.74, 6) is -0.443. The minimum Gasteiger partial charge on any atom is -0.872 e. The van der Waals surface area contributed by atoms with Crippen molar-refractivity contribution in [3.05, 3.63) is 65.2 Å². The zero-order chi connectivity index (χ0) is 27.1. The van der Waals surface area contributed by atoms with Crippen LogP contribution in [0.25, 0.3) is 5.76 Å². The molecule has 7 nitrogen and oxygen atoms in total. The minimum absolute atomic E-state index is 0.00345. The van der Waals surface area contributed by atoms with Crippen molar-refractivity contribution in [1.82, 2.24) is 4.90 Å². The number of quaternary nitrogens is 1. The third-order valence-corrected chi connectivity index (χ3v) is 6.51. The molecule has 1 aliphatic rings. The molecule has 7 heteroatoms. The smallest absolute Gasteiger partial charge is 0.295 e. The summed E-state index contributed by atoms with van der Waals surface area (Å²) < 4.78 is 11.4. The molecule has 0 radical (unpaired) electrons. The molecule has 1 aliphatic heterocycles. The van der Waals surface area contributed by atoms with Crippen molar-refractivity contribution in [1.29, 1.82) is 0 Å². The van der Waals surface area contributed by atoms with Crippen LogP contribution in [0.4, 0.5) is 0 Å². The molecule has 1 N–H and O–H groups in total. The Bertz CT molecular complexity index is 1090. The van der Waals surface area contributed by atoms with Crippen molar-refractivity contribution in [2.24, 2.45) is 0 Å². The second kappa shape index (κ2) is 12.8. The summed E-state index contributed by atoms with van der Waals surface area (Å²) in [5, 5.41) is 13.6. The SMILES string of the molecule is CC[NH+](CC)CCCN1C(=O)C(=O)/C(=C(/[O-])c2ccc(OC(C)C)cc2)C1c1ccc(OC(C)C)cc1. The van der Waals surface area contributed by atoms with Gasteiger partial charge in [0.2, 0.25) is 5.78 Å². The molecule has 2 aromatic rings. The normalized spacial score (nSPS) is 17.3. The fourth-order valence-corrected chi connectivity index (χ4v) is 4.66. The van der Waals surface area contributed by atoms with E-state index in [0.29, 0.717) is 29.2 Å². The van der Waals surface area contributed by atoms with Gasteiger partial charge >= 0.3 is 0 Å². The second-order valence-electron chi connectivity index (χ2n) is 9.96. The van der Waals surface area contributed by atoms with Crippen LogP contribution in [0.15, 0.2) is 54.1 Å². The Morgan fingerprint density at radius 2 is 1.41 bits per heavy atom. The summed E-state index contributed by atoms with van der Waals surface area (Å²) in [6.45, 7) is 15.3. The number of hydrogen-bond donors (Lipinski definition) is 1. The maximum absolute atomic E-state index is 13.6. The van der Waals surface area contributed by atoms with Crippen molar-refractivity contribution in [2.75, 3.05) is 26.2 Å². The molecule has 37 heavy (non-hydrogen) atoms. The van der Waals surface area contributed by atoms with Crippen LogP contribution in [0, 0.1) is 0 Å². The minimum atomic E-state index is -0.737. The van der Waals surface area contributed by atoms with Gasteiger partial charge in [0.05, 0.1) is 37.9 Å². The van der Waals surface area contributed by atoms with Crippen LogP contribution >= 0.6 is 0 Å². The number of ether oxygens (including phenoxy) is 2. The van der Waals surface area contributed by atoms with E-state index in [4.69, 9.17) is 9.47 Å². The Balaban J connectivity index is 2.00. The number of rotatable bonds is 12. The van der Waals surface area contributed by atoms with Crippen molar-refractivity contribution in [3.8, 4) is 11.5 Å². The molecule has 1 saturated heterocycles. The van der Waals surface area contributed by atoms with Gasteiger partial charge in [-0.1, -0.05) is 30.0 Å². The molecule has 2 aromatic carbocycles. The first-order valence-corrected chi connectivity index (χ1v) is 13.3. The van der Waals surface area contributed by atoms with Crippen molar-refractivity contribution >= 4 is 17.4 Å². The average molecular weight is 509 g/mol. The zero-order valence-corrected chi connectivity index (χ0v) is 22.9. The maximum Gasteiger partial charge on any atom is 0.295 e. The van der Waals surface area contributed by atoms with Gasteiger partial charge in [0.25, 0.3) is 5.91 Å². The number of ketones is 1. The number of amides is 1. The number of carbonyl (C=O) groups is 2. The van der Waals surface area contributed by atoms with Gasteiger partial charge in [0.1, 0.15) is 11.5 Å². The maximum atomic E-state index is 13.6. The quantitative estimate of drug-likeness (QED) is 0.271. The lowest BCUT2D eigenvalue weighted by molar-refractivity contribution is -0.896. The zero-order valence-electron chi connectivity index (χ0n) is 22.9. The summed E-state index contributed by atoms with van der Waals surface area (Å²) in [5.41, 5.74) is 1.07. The van der Waals surface area contributed by atoms with E-state index in [1.807, 2.05) is 52.0 Å². The average Bonchev–Trinajstić information content (AvgIpc) is 3.11. The van der Waals surface area contributed by atoms with Crippen LogP contribution < -0.4 is 19.5 Å². The number of hydrogen-bond acceptors (Lipinski definition) is 5. The first-order valence-electron chi connectivity index (χ1n) is 13.3. The van der Waals surface area contributed by atoms with Crippen molar-refractivity contribution < 1.29 is 29.1 Å². The Kier molecular flexibility index (Phi) is 9.75. The molecule has 0 saturated carbocycles. The Labute approximate surface area is 220 Å². The van der Waals surface area contributed by atoms with Crippen LogP contribution in [0.5, 0.6) is 11.5 Å². The molecular weight excluding hydrogens is 468 g/mol. The fraction of sp³-hybridized carbons (Fsp3) is 0.467. The predicted octanol–water partition coefficient (Wildman–Crippen LogP) is 2.80. The number of nitrogens with zero attached hydrogens (tertiary/aromatic N) is 1. The number of benzene rings is 2. The van der Waals surface area contributed by atoms with Gasteiger partial charge in [0, 0.05) is 18.5 Å². The Morgan fingerprint density at radius 1 is 0.892 bits per heavy atom. The van der Waals surface area contributed by atoms with E-state index in [2.05, 4.69) is 13.8 Å². The largest absolute Gasteiger partial charge is 0.872 e. The molecule has 1 heterocycles. The molecular formula is C30H40N2O5. The monoisotopic (exact) mass is 508 g/mol. The first kappa shape index (κ1) is 28.3. The van der Waals surface area contributed by atoms with Crippen LogP contribution in [0.1, 0.15) is 65.1 Å². The third kappa shape index (κ3) is 6.92. The molecule has 0 aliphatic carbocycles. The first-order chi connectivity index (χ1) is 17.7. The summed E-state index contributed by atoms with van der Waals surface area (Å²) in [7, 11) is 0. The van der Waals surface area contributed by atoms with Crippen LogP contribution in [-0.4, -0.2) is 55.0 Å². The molecule has 1 unspecified atom stereocenters. The summed E-state index contributed by atoms with van der Waals surface area (Å²) in [6, 6.07) is 13.3. The summed E-state index contributed by atoms with van der Waals surface area (Å²) >= 11 is 0. The van der Waals surface area contributed by atoms with Crippen LogP contribution in [0.2, 0.25) is 0 Å². The van der Waals surface area contributed by atoms with Gasteiger partial charge < -0.3 is 24.4 Å². The number of carbonyl (C=O) groups excluding carboxylic acids is 2. The summed E-state index contributed by atoms with van der Waals surface area (Å²) in [6.07, 6.45) is 0.763. The highest BCUT2D eigenvalue weighted by atomic mass is 16.5.